The fourth-order valence-corrected chi connectivity index (χ4v) is 5.70. The number of nitrogens with zero attached hydrogens (tertiary/aromatic N) is 3. The van der Waals surface area contributed by atoms with Gasteiger partial charge in [0, 0.05) is 21.3 Å². The van der Waals surface area contributed by atoms with E-state index in [1.807, 2.05) is 46.9 Å². The summed E-state index contributed by atoms with van der Waals surface area (Å²) in [7, 11) is 1.82. The molecule has 11 heteroatoms. The van der Waals surface area contributed by atoms with Crippen molar-refractivity contribution in [3.63, 3.8) is 0 Å². The Balaban J connectivity index is 1.70. The Morgan fingerprint density at radius 3 is 2.37 bits per heavy atom. The predicted octanol–water partition coefficient (Wildman–Crippen LogP) is 6.20. The van der Waals surface area contributed by atoms with Crippen LogP contribution in [0.1, 0.15) is 47.2 Å². The van der Waals surface area contributed by atoms with E-state index < -0.39 is 6.04 Å². The second-order valence-corrected chi connectivity index (χ2v) is 11.5. The topological polar surface area (TPSA) is 88.9 Å². The number of nitrogens with one attached hydrogen (secondary N) is 2. The highest BCUT2D eigenvalue weighted by Crippen LogP contribution is 2.27. The number of carbonyl (C=O) groups excluding carboxylic acids is 2. The number of amides is 2. The number of benzene rings is 2. The maximum atomic E-state index is 12.9. The van der Waals surface area contributed by atoms with E-state index in [9.17, 15) is 9.59 Å². The zero-order valence-electron chi connectivity index (χ0n) is 19.9. The zero-order valence-corrected chi connectivity index (χ0v) is 24.4. The molecular formula is C24H26Cl2IN5O2S. The van der Waals surface area contributed by atoms with Gasteiger partial charge in [-0.15, -0.1) is 10.2 Å². The van der Waals surface area contributed by atoms with Gasteiger partial charge in [0.15, 0.2) is 11.0 Å². The molecule has 0 radical (unpaired) electrons. The first-order valence-corrected chi connectivity index (χ1v) is 13.6. The number of thioether (sulfide) groups is 1. The largest absolute Gasteiger partial charge is 0.342 e. The highest BCUT2D eigenvalue weighted by molar-refractivity contribution is 14.1. The van der Waals surface area contributed by atoms with Gasteiger partial charge in [-0.25, -0.2) is 0 Å². The van der Waals surface area contributed by atoms with Crippen molar-refractivity contribution in [2.24, 2.45) is 13.0 Å². The smallest absolute Gasteiger partial charge is 0.253 e. The molecule has 0 saturated heterocycles. The third-order valence-electron chi connectivity index (χ3n) is 5.37. The molecule has 186 valence electrons. The normalized spacial score (nSPS) is 12.0. The molecular weight excluding hydrogens is 620 g/mol. The molecule has 35 heavy (non-hydrogen) atoms. The lowest BCUT2D eigenvalue weighted by Crippen LogP contribution is -2.33. The lowest BCUT2D eigenvalue weighted by Gasteiger charge is -2.22. The highest BCUT2D eigenvalue weighted by Gasteiger charge is 2.26. The Morgan fingerprint density at radius 2 is 1.77 bits per heavy atom. The summed E-state index contributed by atoms with van der Waals surface area (Å²) in [5, 5.41) is 15.9. The number of hydrogen-bond acceptors (Lipinski definition) is 5. The van der Waals surface area contributed by atoms with E-state index in [0.29, 0.717) is 21.6 Å². The number of aromatic nitrogens is 3. The fraction of sp³-hybridized carbons (Fsp3) is 0.333. The van der Waals surface area contributed by atoms with E-state index in [0.717, 1.165) is 20.4 Å². The van der Waals surface area contributed by atoms with Gasteiger partial charge in [-0.2, -0.15) is 0 Å². The summed E-state index contributed by atoms with van der Waals surface area (Å²) in [6.07, 6.45) is 0. The minimum atomic E-state index is -0.410. The summed E-state index contributed by atoms with van der Waals surface area (Å²) < 4.78 is 2.93. The van der Waals surface area contributed by atoms with Gasteiger partial charge in [0.2, 0.25) is 5.91 Å². The van der Waals surface area contributed by atoms with Gasteiger partial charge >= 0.3 is 0 Å². The number of hydrogen-bond donors (Lipinski definition) is 2. The lowest BCUT2D eigenvalue weighted by atomic mass is 10.0. The van der Waals surface area contributed by atoms with E-state index in [2.05, 4.69) is 43.4 Å². The molecule has 3 aromatic rings. The van der Waals surface area contributed by atoms with E-state index >= 15 is 0 Å². The average Bonchev–Trinajstić information content (AvgIpc) is 3.12. The molecule has 0 spiro atoms. The molecule has 0 unspecified atom stereocenters. The van der Waals surface area contributed by atoms with E-state index in [1.54, 1.807) is 16.7 Å². The number of aryl methyl sites for hydroxylation is 2. The lowest BCUT2D eigenvalue weighted by molar-refractivity contribution is -0.113. The van der Waals surface area contributed by atoms with Crippen molar-refractivity contribution in [1.82, 2.24) is 20.1 Å². The first kappa shape index (κ1) is 27.8. The van der Waals surface area contributed by atoms with E-state index in [4.69, 9.17) is 23.2 Å². The summed E-state index contributed by atoms with van der Waals surface area (Å²) >= 11 is 15.7. The molecule has 2 N–H and O–H groups in total. The van der Waals surface area contributed by atoms with Crippen LogP contribution in [-0.4, -0.2) is 32.3 Å². The van der Waals surface area contributed by atoms with Crippen molar-refractivity contribution in [1.29, 1.82) is 0 Å². The third-order valence-corrected chi connectivity index (χ3v) is 7.56. The standard InChI is InChI=1S/C24H26Cl2IN5O2S/c1-12(2)20(29-23(34)17-7-6-15(25)10-18(17)26)22-30-31-24(32(22)5)35-11-19(33)28-21-13(3)8-16(27)9-14(21)4/h6-10,12,20H,11H2,1-5H3,(H,28,33)(H,29,34)/t20-/m1/s1. The zero-order chi connectivity index (χ0) is 25.9. The minimum Gasteiger partial charge on any atom is -0.342 e. The van der Waals surface area contributed by atoms with E-state index in [-0.39, 0.29) is 28.5 Å². The van der Waals surface area contributed by atoms with Crippen LogP contribution in [0.2, 0.25) is 10.0 Å². The Kier molecular flexibility index (Phi) is 9.47. The maximum Gasteiger partial charge on any atom is 0.253 e. The molecule has 0 fully saturated rings. The molecule has 1 heterocycles. The van der Waals surface area contributed by atoms with Crippen molar-refractivity contribution in [2.75, 3.05) is 11.1 Å². The number of carbonyl (C=O) groups is 2. The monoisotopic (exact) mass is 645 g/mol. The molecule has 0 saturated carbocycles. The quantitative estimate of drug-likeness (QED) is 0.225. The van der Waals surface area contributed by atoms with Crippen LogP contribution in [0.4, 0.5) is 5.69 Å². The Bertz CT molecular complexity index is 1240. The minimum absolute atomic E-state index is 0.0286. The second kappa shape index (κ2) is 11.9. The average molecular weight is 646 g/mol. The number of rotatable bonds is 8. The number of halogens is 3. The molecule has 3 rings (SSSR count). The van der Waals surface area contributed by atoms with Crippen LogP contribution >= 0.6 is 57.6 Å². The van der Waals surface area contributed by atoms with Crippen LogP contribution in [0.15, 0.2) is 35.5 Å². The molecule has 1 atom stereocenters. The van der Waals surface area contributed by atoms with Crippen LogP contribution in [0, 0.1) is 23.3 Å². The van der Waals surface area contributed by atoms with Gasteiger partial charge in [0.25, 0.3) is 5.91 Å². The summed E-state index contributed by atoms with van der Waals surface area (Å²) in [6, 6.07) is 8.39. The van der Waals surface area contributed by atoms with Crippen molar-refractivity contribution in [3.8, 4) is 0 Å². The van der Waals surface area contributed by atoms with Gasteiger partial charge in [-0.05, 0) is 83.8 Å². The Hall–Kier alpha value is -1.82. The van der Waals surface area contributed by atoms with Crippen LogP contribution in [0.25, 0.3) is 0 Å². The van der Waals surface area contributed by atoms with Crippen LogP contribution < -0.4 is 10.6 Å². The summed E-state index contributed by atoms with van der Waals surface area (Å²) in [5.74, 6) is 0.338. The Labute approximate surface area is 232 Å². The predicted molar refractivity (Wildman–Crippen MR) is 150 cm³/mol. The molecule has 2 aromatic carbocycles. The summed E-state index contributed by atoms with van der Waals surface area (Å²) in [5.41, 5.74) is 3.20. The molecule has 1 aromatic heterocycles. The van der Waals surface area contributed by atoms with Crippen molar-refractivity contribution >= 4 is 75.1 Å². The highest BCUT2D eigenvalue weighted by atomic mass is 127. The van der Waals surface area contributed by atoms with Crippen LogP contribution in [0.3, 0.4) is 0 Å². The fourth-order valence-electron chi connectivity index (χ4n) is 3.56. The third kappa shape index (κ3) is 6.90. The van der Waals surface area contributed by atoms with Crippen LogP contribution in [-0.2, 0) is 11.8 Å². The summed E-state index contributed by atoms with van der Waals surface area (Å²) in [6.45, 7) is 7.92. The van der Waals surface area contributed by atoms with Gasteiger partial charge < -0.3 is 15.2 Å². The van der Waals surface area contributed by atoms with Crippen molar-refractivity contribution in [2.45, 2.75) is 38.9 Å². The Morgan fingerprint density at radius 1 is 1.11 bits per heavy atom. The van der Waals surface area contributed by atoms with Gasteiger partial charge in [-0.3, -0.25) is 9.59 Å². The molecule has 7 nitrogen and oxygen atoms in total. The summed E-state index contributed by atoms with van der Waals surface area (Å²) in [4.78, 5) is 25.5. The molecule has 0 aliphatic heterocycles. The SMILES string of the molecule is Cc1cc(I)cc(C)c1NC(=O)CSc1nnc([C@H](NC(=O)c2ccc(Cl)cc2Cl)C(C)C)n1C. The molecule has 0 aliphatic rings. The maximum absolute atomic E-state index is 12.9. The van der Waals surface area contributed by atoms with Crippen molar-refractivity contribution in [3.05, 3.63) is 66.5 Å². The first-order chi connectivity index (χ1) is 16.5. The van der Waals surface area contributed by atoms with Gasteiger partial charge in [-0.1, -0.05) is 48.8 Å². The van der Waals surface area contributed by atoms with Crippen molar-refractivity contribution < 1.29 is 9.59 Å². The van der Waals surface area contributed by atoms with Gasteiger partial charge in [0.1, 0.15) is 0 Å². The second-order valence-electron chi connectivity index (χ2n) is 8.47. The van der Waals surface area contributed by atoms with Gasteiger partial charge in [0.05, 0.1) is 22.4 Å². The van der Waals surface area contributed by atoms with Crippen LogP contribution in [0.5, 0.6) is 0 Å². The molecule has 0 aliphatic carbocycles. The van der Waals surface area contributed by atoms with E-state index in [1.165, 1.54) is 17.8 Å². The first-order valence-electron chi connectivity index (χ1n) is 10.8. The molecule has 0 bridgehead atoms. The molecule has 2 amide bonds. The number of anilines is 1.